The van der Waals surface area contributed by atoms with Gasteiger partial charge in [-0.05, 0) is 31.5 Å². The number of hydrogen-bond donors (Lipinski definition) is 1. The largest absolute Gasteiger partial charge is 0.329 e. The third-order valence-corrected chi connectivity index (χ3v) is 3.50. The molecule has 0 saturated carbocycles. The normalized spacial score (nSPS) is 12.7. The molecule has 98 valence electrons. The van der Waals surface area contributed by atoms with E-state index in [0.717, 1.165) is 11.0 Å². The molecule has 0 aliphatic heterocycles. The molecule has 0 saturated heterocycles. The Balaban J connectivity index is 2.95. The smallest absolute Gasteiger partial charge is 0.0635 e. The van der Waals surface area contributed by atoms with Crippen molar-refractivity contribution in [3.05, 3.63) is 34.3 Å². The van der Waals surface area contributed by atoms with Gasteiger partial charge in [0.15, 0.2) is 0 Å². The van der Waals surface area contributed by atoms with E-state index in [-0.39, 0.29) is 6.04 Å². The van der Waals surface area contributed by atoms with Crippen molar-refractivity contribution in [3.8, 4) is 6.07 Å². The molecule has 0 spiro atoms. The predicted octanol–water partition coefficient (Wildman–Crippen LogP) is 3.07. The Morgan fingerprint density at radius 1 is 1.44 bits per heavy atom. The van der Waals surface area contributed by atoms with Crippen LogP contribution < -0.4 is 5.73 Å². The summed E-state index contributed by atoms with van der Waals surface area (Å²) in [7, 11) is 0. The van der Waals surface area contributed by atoms with Crippen LogP contribution in [0.25, 0.3) is 0 Å². The average molecular weight is 310 g/mol. The third-order valence-electron chi connectivity index (χ3n) is 3.00. The van der Waals surface area contributed by atoms with Gasteiger partial charge < -0.3 is 5.73 Å². The zero-order valence-electron chi connectivity index (χ0n) is 10.9. The molecule has 1 aromatic rings. The summed E-state index contributed by atoms with van der Waals surface area (Å²) in [5, 5.41) is 8.75. The fraction of sp³-hybridized carbons (Fsp3) is 0.500. The van der Waals surface area contributed by atoms with Gasteiger partial charge in [-0.3, -0.25) is 4.90 Å². The van der Waals surface area contributed by atoms with E-state index in [0.29, 0.717) is 19.0 Å². The van der Waals surface area contributed by atoms with E-state index in [1.807, 2.05) is 12.1 Å². The molecule has 2 N–H and O–H groups in total. The second kappa shape index (κ2) is 7.52. The molecule has 0 bridgehead atoms. The van der Waals surface area contributed by atoms with Gasteiger partial charge in [-0.1, -0.05) is 28.1 Å². The molecule has 4 heteroatoms. The number of halogens is 1. The monoisotopic (exact) mass is 309 g/mol. The lowest BCUT2D eigenvalue weighted by Gasteiger charge is -2.34. The Hall–Kier alpha value is -0.890. The molecule has 0 aliphatic carbocycles. The van der Waals surface area contributed by atoms with Crippen molar-refractivity contribution in [1.82, 2.24) is 4.90 Å². The minimum atomic E-state index is 0.163. The molecule has 18 heavy (non-hydrogen) atoms. The van der Waals surface area contributed by atoms with E-state index in [1.165, 1.54) is 5.56 Å². The van der Waals surface area contributed by atoms with Crippen molar-refractivity contribution in [3.63, 3.8) is 0 Å². The highest BCUT2D eigenvalue weighted by Gasteiger charge is 2.21. The Bertz CT molecular complexity index is 412. The van der Waals surface area contributed by atoms with Gasteiger partial charge in [-0.25, -0.2) is 0 Å². The van der Waals surface area contributed by atoms with E-state index in [1.54, 1.807) is 0 Å². The fourth-order valence-corrected chi connectivity index (χ4v) is 2.55. The van der Waals surface area contributed by atoms with Crippen molar-refractivity contribution in [1.29, 1.82) is 5.26 Å². The van der Waals surface area contributed by atoms with E-state index in [9.17, 15) is 0 Å². The summed E-state index contributed by atoms with van der Waals surface area (Å²) in [5.41, 5.74) is 7.12. The van der Waals surface area contributed by atoms with Crippen LogP contribution in [0.3, 0.4) is 0 Å². The standard InChI is InChI=1S/C14H20BrN3/c1-11(2)18(8-4-7-16)14(10-17)12-5-3-6-13(15)9-12/h3,5-6,9,11,14H,4,8,10,17H2,1-2H3. The van der Waals surface area contributed by atoms with E-state index in [4.69, 9.17) is 11.0 Å². The highest BCUT2D eigenvalue weighted by molar-refractivity contribution is 9.10. The van der Waals surface area contributed by atoms with E-state index >= 15 is 0 Å². The zero-order valence-corrected chi connectivity index (χ0v) is 12.5. The molecule has 0 aliphatic rings. The van der Waals surface area contributed by atoms with Crippen LogP contribution >= 0.6 is 15.9 Å². The van der Waals surface area contributed by atoms with Gasteiger partial charge in [0.1, 0.15) is 0 Å². The first-order valence-electron chi connectivity index (χ1n) is 6.18. The molecule has 0 fully saturated rings. The molecule has 1 aromatic carbocycles. The average Bonchev–Trinajstić information content (AvgIpc) is 2.34. The molecule has 1 atom stereocenters. The van der Waals surface area contributed by atoms with Gasteiger partial charge in [0.05, 0.1) is 6.07 Å². The number of benzene rings is 1. The number of nitriles is 1. The molecular formula is C14H20BrN3. The maximum Gasteiger partial charge on any atom is 0.0635 e. The van der Waals surface area contributed by atoms with E-state index < -0.39 is 0 Å². The molecule has 0 heterocycles. The second-order valence-corrected chi connectivity index (χ2v) is 5.46. The highest BCUT2D eigenvalue weighted by Crippen LogP contribution is 2.24. The number of rotatable bonds is 6. The molecule has 0 radical (unpaired) electrons. The van der Waals surface area contributed by atoms with Gasteiger partial charge in [0.2, 0.25) is 0 Å². The Kier molecular flexibility index (Phi) is 6.34. The van der Waals surface area contributed by atoms with Crippen LogP contribution in [0.4, 0.5) is 0 Å². The summed E-state index contributed by atoms with van der Waals surface area (Å²) in [6.45, 7) is 5.58. The fourth-order valence-electron chi connectivity index (χ4n) is 2.13. The Morgan fingerprint density at radius 2 is 2.17 bits per heavy atom. The highest BCUT2D eigenvalue weighted by atomic mass is 79.9. The summed E-state index contributed by atoms with van der Waals surface area (Å²) in [6, 6.07) is 10.9. The summed E-state index contributed by atoms with van der Waals surface area (Å²) in [6.07, 6.45) is 0.530. The second-order valence-electron chi connectivity index (χ2n) is 4.55. The van der Waals surface area contributed by atoms with Crippen LogP contribution in [-0.4, -0.2) is 24.0 Å². The van der Waals surface area contributed by atoms with E-state index in [2.05, 4.69) is 52.9 Å². The third kappa shape index (κ3) is 4.09. The van der Waals surface area contributed by atoms with Gasteiger partial charge in [-0.15, -0.1) is 0 Å². The summed E-state index contributed by atoms with van der Waals surface area (Å²) >= 11 is 3.49. The topological polar surface area (TPSA) is 53.0 Å². The lowest BCUT2D eigenvalue weighted by atomic mass is 10.0. The molecule has 1 unspecified atom stereocenters. The summed E-state index contributed by atoms with van der Waals surface area (Å²) in [5.74, 6) is 0. The maximum absolute atomic E-state index is 8.75. The van der Waals surface area contributed by atoms with Gasteiger partial charge in [-0.2, -0.15) is 5.26 Å². The van der Waals surface area contributed by atoms with Gasteiger partial charge >= 0.3 is 0 Å². The summed E-state index contributed by atoms with van der Waals surface area (Å²) in [4.78, 5) is 2.28. The van der Waals surface area contributed by atoms with Crippen molar-refractivity contribution < 1.29 is 0 Å². The quantitative estimate of drug-likeness (QED) is 0.878. The first-order chi connectivity index (χ1) is 8.60. The number of nitrogens with zero attached hydrogens (tertiary/aromatic N) is 2. The van der Waals surface area contributed by atoms with Crippen molar-refractivity contribution in [2.75, 3.05) is 13.1 Å². The van der Waals surface area contributed by atoms with Crippen LogP contribution in [0.15, 0.2) is 28.7 Å². The number of nitrogens with two attached hydrogens (primary N) is 1. The van der Waals surface area contributed by atoms with Crippen molar-refractivity contribution in [2.45, 2.75) is 32.4 Å². The van der Waals surface area contributed by atoms with Gasteiger partial charge in [0.25, 0.3) is 0 Å². The molecular weight excluding hydrogens is 290 g/mol. The predicted molar refractivity (Wildman–Crippen MR) is 78.0 cm³/mol. The Labute approximate surface area is 118 Å². The first kappa shape index (κ1) is 15.2. The first-order valence-corrected chi connectivity index (χ1v) is 6.97. The summed E-state index contributed by atoms with van der Waals surface area (Å²) < 4.78 is 1.06. The lowest BCUT2D eigenvalue weighted by molar-refractivity contribution is 0.161. The van der Waals surface area contributed by atoms with Crippen molar-refractivity contribution >= 4 is 15.9 Å². The lowest BCUT2D eigenvalue weighted by Crippen LogP contribution is -2.39. The molecule has 3 nitrogen and oxygen atoms in total. The van der Waals surface area contributed by atoms with Crippen LogP contribution in [0, 0.1) is 11.3 Å². The molecule has 0 aromatic heterocycles. The maximum atomic E-state index is 8.75. The minimum Gasteiger partial charge on any atom is -0.329 e. The van der Waals surface area contributed by atoms with Crippen LogP contribution in [-0.2, 0) is 0 Å². The van der Waals surface area contributed by atoms with Crippen LogP contribution in [0.5, 0.6) is 0 Å². The van der Waals surface area contributed by atoms with Gasteiger partial charge in [0, 0.05) is 36.1 Å². The molecule has 0 amide bonds. The minimum absolute atomic E-state index is 0.163. The van der Waals surface area contributed by atoms with Crippen LogP contribution in [0.2, 0.25) is 0 Å². The SMILES string of the molecule is CC(C)N(CCC#N)C(CN)c1cccc(Br)c1. The molecule has 1 rings (SSSR count). The number of hydrogen-bond acceptors (Lipinski definition) is 3. The zero-order chi connectivity index (χ0) is 13.5. The van der Waals surface area contributed by atoms with Crippen molar-refractivity contribution in [2.24, 2.45) is 5.73 Å². The van der Waals surface area contributed by atoms with Crippen LogP contribution in [0.1, 0.15) is 31.9 Å². The Morgan fingerprint density at radius 3 is 2.67 bits per heavy atom.